The monoisotopic (exact) mass is 329 g/mol. The van der Waals surface area contributed by atoms with Gasteiger partial charge in [0.2, 0.25) is 0 Å². The number of hydrogen-bond donors (Lipinski definition) is 0. The fourth-order valence-corrected chi connectivity index (χ4v) is 3.07. The van der Waals surface area contributed by atoms with E-state index in [1.807, 2.05) is 0 Å². The number of methoxy groups -OCH3 is 1. The highest BCUT2D eigenvalue weighted by molar-refractivity contribution is 7.99. The number of thioether (sulfide) groups is 1. The molecule has 1 aromatic heterocycles. The molecule has 6 heteroatoms. The summed E-state index contributed by atoms with van der Waals surface area (Å²) in [5.41, 5.74) is -0.200. The van der Waals surface area contributed by atoms with Crippen molar-refractivity contribution in [1.82, 2.24) is 4.98 Å². The SMILES string of the molecule is CCCCCCSc1cc(OC)c2cc(F)c(F)c(F)c2n1. The van der Waals surface area contributed by atoms with Crippen LogP contribution in [0.15, 0.2) is 17.2 Å². The zero-order valence-electron chi connectivity index (χ0n) is 12.6. The number of hydrogen-bond acceptors (Lipinski definition) is 3. The Morgan fingerprint density at radius 3 is 2.55 bits per heavy atom. The normalized spacial score (nSPS) is 11.1. The van der Waals surface area contributed by atoms with Crippen LogP contribution < -0.4 is 4.74 Å². The molecule has 2 rings (SSSR count). The van der Waals surface area contributed by atoms with E-state index in [-0.39, 0.29) is 10.9 Å². The molecule has 0 aliphatic heterocycles. The number of unbranched alkanes of at least 4 members (excludes halogenated alkanes) is 3. The molecule has 0 aliphatic rings. The van der Waals surface area contributed by atoms with E-state index in [1.165, 1.54) is 25.3 Å². The average Bonchev–Trinajstić information content (AvgIpc) is 2.52. The van der Waals surface area contributed by atoms with Crippen molar-refractivity contribution < 1.29 is 17.9 Å². The molecular formula is C16H18F3NOS. The van der Waals surface area contributed by atoms with Gasteiger partial charge in [-0.15, -0.1) is 11.8 Å². The molecule has 0 aliphatic carbocycles. The van der Waals surface area contributed by atoms with E-state index in [9.17, 15) is 13.2 Å². The van der Waals surface area contributed by atoms with Gasteiger partial charge in [0.15, 0.2) is 17.5 Å². The van der Waals surface area contributed by atoms with Crippen molar-refractivity contribution >= 4 is 22.7 Å². The molecule has 2 nitrogen and oxygen atoms in total. The minimum absolute atomic E-state index is 0.134. The van der Waals surface area contributed by atoms with Crippen LogP contribution in [-0.4, -0.2) is 17.8 Å². The molecule has 0 radical (unpaired) electrons. The summed E-state index contributed by atoms with van der Waals surface area (Å²) in [6, 6.07) is 2.54. The summed E-state index contributed by atoms with van der Waals surface area (Å²) in [6.07, 6.45) is 4.49. The van der Waals surface area contributed by atoms with Crippen molar-refractivity contribution in [2.45, 2.75) is 37.6 Å². The van der Waals surface area contributed by atoms with Gasteiger partial charge in [-0.3, -0.25) is 0 Å². The van der Waals surface area contributed by atoms with Crippen molar-refractivity contribution in [2.24, 2.45) is 0 Å². The number of ether oxygens (including phenoxy) is 1. The third-order valence-electron chi connectivity index (χ3n) is 3.35. The lowest BCUT2D eigenvalue weighted by atomic mass is 10.2. The highest BCUT2D eigenvalue weighted by Crippen LogP contribution is 2.33. The molecular weight excluding hydrogens is 311 g/mol. The fraction of sp³-hybridized carbons (Fsp3) is 0.438. The number of rotatable bonds is 7. The molecule has 0 saturated heterocycles. The molecule has 1 heterocycles. The van der Waals surface area contributed by atoms with Gasteiger partial charge >= 0.3 is 0 Å². The van der Waals surface area contributed by atoms with Gasteiger partial charge in [-0.1, -0.05) is 26.2 Å². The van der Waals surface area contributed by atoms with E-state index in [4.69, 9.17) is 4.74 Å². The lowest BCUT2D eigenvalue weighted by molar-refractivity contribution is 0.416. The summed E-state index contributed by atoms with van der Waals surface area (Å²) in [7, 11) is 1.41. The van der Waals surface area contributed by atoms with Crippen LogP contribution >= 0.6 is 11.8 Å². The van der Waals surface area contributed by atoms with Gasteiger partial charge in [0.05, 0.1) is 7.11 Å². The molecule has 0 spiro atoms. The molecule has 0 bridgehead atoms. The molecule has 1 aromatic carbocycles. The van der Waals surface area contributed by atoms with Gasteiger partial charge in [-0.25, -0.2) is 18.2 Å². The Morgan fingerprint density at radius 1 is 1.09 bits per heavy atom. The second kappa shape index (κ2) is 7.72. The lowest BCUT2D eigenvalue weighted by Gasteiger charge is -2.10. The first-order valence-electron chi connectivity index (χ1n) is 7.23. The van der Waals surface area contributed by atoms with Crippen LogP contribution in [0, 0.1) is 17.5 Å². The number of aromatic nitrogens is 1. The Morgan fingerprint density at radius 2 is 1.86 bits per heavy atom. The molecule has 0 saturated carbocycles. The summed E-state index contributed by atoms with van der Waals surface area (Å²) < 4.78 is 45.8. The number of benzene rings is 1. The van der Waals surface area contributed by atoms with E-state index in [1.54, 1.807) is 6.07 Å². The quantitative estimate of drug-likeness (QED) is 0.389. The first-order chi connectivity index (χ1) is 10.6. The molecule has 0 unspecified atom stereocenters. The Hall–Kier alpha value is -1.43. The summed E-state index contributed by atoms with van der Waals surface area (Å²) >= 11 is 1.46. The van der Waals surface area contributed by atoms with Crippen molar-refractivity contribution in [3.05, 3.63) is 29.6 Å². The van der Waals surface area contributed by atoms with Crippen LogP contribution in [0.4, 0.5) is 13.2 Å². The maximum atomic E-state index is 13.9. The predicted octanol–water partition coefficient (Wildman–Crippen LogP) is 5.33. The Balaban J connectivity index is 2.29. The first kappa shape index (κ1) is 16.9. The second-order valence-electron chi connectivity index (χ2n) is 4.95. The van der Waals surface area contributed by atoms with Crippen molar-refractivity contribution in [1.29, 1.82) is 0 Å². The predicted molar refractivity (Wildman–Crippen MR) is 83.0 cm³/mol. The maximum Gasteiger partial charge on any atom is 0.196 e. The van der Waals surface area contributed by atoms with E-state index in [0.29, 0.717) is 10.8 Å². The summed E-state index contributed by atoms with van der Waals surface area (Å²) in [5.74, 6) is -2.90. The van der Waals surface area contributed by atoms with E-state index in [2.05, 4.69) is 11.9 Å². The second-order valence-corrected chi connectivity index (χ2v) is 6.07. The largest absolute Gasteiger partial charge is 0.496 e. The molecule has 22 heavy (non-hydrogen) atoms. The van der Waals surface area contributed by atoms with Crippen molar-refractivity contribution in [3.63, 3.8) is 0 Å². The number of pyridine rings is 1. The van der Waals surface area contributed by atoms with Crippen LogP contribution in [-0.2, 0) is 0 Å². The van der Waals surface area contributed by atoms with Crippen LogP contribution in [0.1, 0.15) is 32.6 Å². The first-order valence-corrected chi connectivity index (χ1v) is 8.22. The molecule has 0 N–H and O–H groups in total. The van der Waals surface area contributed by atoms with Gasteiger partial charge in [0.25, 0.3) is 0 Å². The van der Waals surface area contributed by atoms with Crippen LogP contribution in [0.3, 0.4) is 0 Å². The molecule has 2 aromatic rings. The molecule has 0 atom stereocenters. The van der Waals surface area contributed by atoms with Gasteiger partial charge in [-0.05, 0) is 18.2 Å². The third kappa shape index (κ3) is 3.66. The number of nitrogens with zero attached hydrogens (tertiary/aromatic N) is 1. The van der Waals surface area contributed by atoms with Gasteiger partial charge < -0.3 is 4.74 Å². The lowest BCUT2D eigenvalue weighted by Crippen LogP contribution is -1.98. The Bertz CT molecular complexity index is 664. The van der Waals surface area contributed by atoms with Crippen LogP contribution in [0.5, 0.6) is 5.75 Å². The van der Waals surface area contributed by atoms with E-state index in [0.717, 1.165) is 31.1 Å². The highest BCUT2D eigenvalue weighted by atomic mass is 32.2. The highest BCUT2D eigenvalue weighted by Gasteiger charge is 2.18. The Kier molecular flexibility index (Phi) is 5.94. The minimum atomic E-state index is -1.51. The van der Waals surface area contributed by atoms with Gasteiger partial charge in [-0.2, -0.15) is 0 Å². The third-order valence-corrected chi connectivity index (χ3v) is 4.34. The molecule has 120 valence electrons. The van der Waals surface area contributed by atoms with Crippen LogP contribution in [0.25, 0.3) is 10.9 Å². The minimum Gasteiger partial charge on any atom is -0.496 e. The Labute approximate surface area is 132 Å². The average molecular weight is 329 g/mol. The van der Waals surface area contributed by atoms with Crippen molar-refractivity contribution in [3.8, 4) is 5.75 Å². The van der Waals surface area contributed by atoms with E-state index >= 15 is 0 Å². The standard InChI is InChI=1S/C16H18F3NOS/c1-3-4-5-6-7-22-13-9-12(21-2)10-8-11(17)14(18)15(19)16(10)20-13/h8-9H,3-7H2,1-2H3. The molecule has 0 fully saturated rings. The summed E-state index contributed by atoms with van der Waals surface area (Å²) in [6.45, 7) is 2.14. The number of fused-ring (bicyclic) bond motifs is 1. The summed E-state index contributed by atoms with van der Waals surface area (Å²) in [5, 5.41) is 0.681. The smallest absolute Gasteiger partial charge is 0.196 e. The molecule has 0 amide bonds. The zero-order valence-corrected chi connectivity index (χ0v) is 13.4. The van der Waals surface area contributed by atoms with Gasteiger partial charge in [0.1, 0.15) is 16.3 Å². The maximum absolute atomic E-state index is 13.9. The number of halogens is 3. The zero-order chi connectivity index (χ0) is 16.1. The fourth-order valence-electron chi connectivity index (χ4n) is 2.16. The summed E-state index contributed by atoms with van der Waals surface area (Å²) in [4.78, 5) is 4.10. The van der Waals surface area contributed by atoms with Crippen molar-refractivity contribution in [2.75, 3.05) is 12.9 Å². The van der Waals surface area contributed by atoms with Crippen LogP contribution in [0.2, 0.25) is 0 Å². The van der Waals surface area contributed by atoms with E-state index < -0.39 is 17.5 Å². The van der Waals surface area contributed by atoms with Gasteiger partial charge in [0, 0.05) is 11.5 Å². The topological polar surface area (TPSA) is 22.1 Å².